The first kappa shape index (κ1) is 15.9. The first-order valence-corrected chi connectivity index (χ1v) is 8.24. The second-order valence-corrected chi connectivity index (χ2v) is 5.84. The van der Waals surface area contributed by atoms with Crippen LogP contribution >= 0.6 is 31.9 Å². The van der Waals surface area contributed by atoms with E-state index in [0.717, 1.165) is 11.8 Å². The van der Waals surface area contributed by atoms with Gasteiger partial charge in [0.1, 0.15) is 17.8 Å². The largest absolute Gasteiger partial charge is 0.457 e. The highest BCUT2D eigenvalue weighted by molar-refractivity contribution is 9.09. The van der Waals surface area contributed by atoms with Crippen molar-refractivity contribution in [2.75, 3.05) is 5.33 Å². The Morgan fingerprint density at radius 3 is 2.05 bits per heavy atom. The van der Waals surface area contributed by atoms with Crippen LogP contribution in [0.5, 0.6) is 11.5 Å². The summed E-state index contributed by atoms with van der Waals surface area (Å²) in [7, 11) is 0. The maximum atomic E-state index is 11.5. The maximum absolute atomic E-state index is 11.5. The van der Waals surface area contributed by atoms with Crippen LogP contribution in [0, 0.1) is 0 Å². The van der Waals surface area contributed by atoms with E-state index in [1.54, 1.807) is 36.4 Å². The normalized spacial score (nSPS) is 11.7. The summed E-state index contributed by atoms with van der Waals surface area (Å²) in [4.78, 5) is 21.9. The Bertz CT molecular complexity index is 621. The van der Waals surface area contributed by atoms with Crippen LogP contribution in [0.3, 0.4) is 0 Å². The quantitative estimate of drug-likeness (QED) is 0.393. The summed E-state index contributed by atoms with van der Waals surface area (Å²) in [6, 6.07) is 14.2. The SMILES string of the molecule is O=CC(Br)c1ccc(Oc2ccc(C(=O)CBr)cc2)cc1. The van der Waals surface area contributed by atoms with Crippen molar-refractivity contribution < 1.29 is 14.3 Å². The lowest BCUT2D eigenvalue weighted by atomic mass is 10.1. The number of carbonyl (C=O) groups is 2. The van der Waals surface area contributed by atoms with Crippen LogP contribution in [0.4, 0.5) is 0 Å². The minimum absolute atomic E-state index is 0.0307. The summed E-state index contributed by atoms with van der Waals surface area (Å²) in [6.45, 7) is 0. The Kier molecular flexibility index (Phi) is 5.70. The molecule has 0 aliphatic heterocycles. The van der Waals surface area contributed by atoms with E-state index in [-0.39, 0.29) is 10.6 Å². The number of alkyl halides is 2. The number of ketones is 1. The molecule has 0 bridgehead atoms. The molecule has 2 aromatic carbocycles. The number of aldehydes is 1. The summed E-state index contributed by atoms with van der Waals surface area (Å²) in [5.74, 6) is 1.35. The number of benzene rings is 2. The lowest BCUT2D eigenvalue weighted by Crippen LogP contribution is -1.99. The molecule has 0 N–H and O–H groups in total. The van der Waals surface area contributed by atoms with Crippen molar-refractivity contribution in [3.05, 3.63) is 59.7 Å². The average molecular weight is 412 g/mol. The van der Waals surface area contributed by atoms with Crippen LogP contribution in [0.15, 0.2) is 48.5 Å². The van der Waals surface area contributed by atoms with Gasteiger partial charge in [-0.25, -0.2) is 0 Å². The van der Waals surface area contributed by atoms with E-state index in [2.05, 4.69) is 31.9 Å². The number of halogens is 2. The van der Waals surface area contributed by atoms with E-state index in [1.807, 2.05) is 12.1 Å². The molecule has 2 rings (SSSR count). The summed E-state index contributed by atoms with van der Waals surface area (Å²) in [5, 5.41) is 0.305. The molecular weight excluding hydrogens is 400 g/mol. The summed E-state index contributed by atoms with van der Waals surface area (Å²) in [5.41, 5.74) is 1.51. The molecule has 1 unspecified atom stereocenters. The van der Waals surface area contributed by atoms with Gasteiger partial charge in [0, 0.05) is 5.56 Å². The lowest BCUT2D eigenvalue weighted by molar-refractivity contribution is -0.107. The van der Waals surface area contributed by atoms with Gasteiger partial charge >= 0.3 is 0 Å². The predicted molar refractivity (Wildman–Crippen MR) is 88.8 cm³/mol. The number of rotatable bonds is 6. The van der Waals surface area contributed by atoms with Crippen molar-refractivity contribution in [3.63, 3.8) is 0 Å². The fourth-order valence-corrected chi connectivity index (χ4v) is 2.35. The third-order valence-corrected chi connectivity index (χ3v) is 4.11. The molecule has 0 aliphatic rings. The van der Waals surface area contributed by atoms with Crippen molar-refractivity contribution >= 4 is 43.9 Å². The van der Waals surface area contributed by atoms with Crippen LogP contribution in [0.25, 0.3) is 0 Å². The van der Waals surface area contributed by atoms with Crippen molar-refractivity contribution in [2.24, 2.45) is 0 Å². The molecule has 2 aromatic rings. The van der Waals surface area contributed by atoms with Crippen molar-refractivity contribution in [1.29, 1.82) is 0 Å². The molecule has 0 amide bonds. The van der Waals surface area contributed by atoms with E-state index in [4.69, 9.17) is 4.74 Å². The molecule has 0 saturated heterocycles. The molecule has 3 nitrogen and oxygen atoms in total. The van der Waals surface area contributed by atoms with Gasteiger partial charge < -0.3 is 9.53 Å². The molecule has 0 spiro atoms. The lowest BCUT2D eigenvalue weighted by Gasteiger charge is -2.08. The van der Waals surface area contributed by atoms with E-state index < -0.39 is 0 Å². The Labute approximate surface area is 139 Å². The number of hydrogen-bond acceptors (Lipinski definition) is 3. The molecule has 0 heterocycles. The summed E-state index contributed by atoms with van der Waals surface area (Å²) in [6.07, 6.45) is 0.829. The molecule has 0 fully saturated rings. The average Bonchev–Trinajstić information content (AvgIpc) is 2.55. The summed E-state index contributed by atoms with van der Waals surface area (Å²) >= 11 is 6.40. The number of ether oxygens (including phenoxy) is 1. The van der Waals surface area contributed by atoms with Gasteiger partial charge in [0.05, 0.1) is 10.2 Å². The predicted octanol–water partition coefficient (Wildman–Crippen LogP) is 4.69. The van der Waals surface area contributed by atoms with Gasteiger partial charge in [0.15, 0.2) is 5.78 Å². The highest BCUT2D eigenvalue weighted by Crippen LogP contribution is 2.26. The Morgan fingerprint density at radius 2 is 1.57 bits per heavy atom. The molecule has 0 aliphatic carbocycles. The zero-order valence-corrected chi connectivity index (χ0v) is 14.1. The van der Waals surface area contributed by atoms with E-state index in [0.29, 0.717) is 22.4 Å². The minimum atomic E-state index is -0.305. The van der Waals surface area contributed by atoms with E-state index in [1.165, 1.54) is 0 Å². The monoisotopic (exact) mass is 410 g/mol. The molecular formula is C16H12Br2O3. The van der Waals surface area contributed by atoms with Crippen LogP contribution in [0.2, 0.25) is 0 Å². The van der Waals surface area contributed by atoms with Gasteiger partial charge in [0.2, 0.25) is 0 Å². The zero-order valence-electron chi connectivity index (χ0n) is 11.0. The van der Waals surface area contributed by atoms with Gasteiger partial charge in [-0.15, -0.1) is 0 Å². The van der Waals surface area contributed by atoms with Gasteiger partial charge in [-0.2, -0.15) is 0 Å². The fourth-order valence-electron chi connectivity index (χ4n) is 1.72. The van der Waals surface area contributed by atoms with Crippen molar-refractivity contribution in [1.82, 2.24) is 0 Å². The molecule has 0 radical (unpaired) electrons. The topological polar surface area (TPSA) is 43.4 Å². The Morgan fingerprint density at radius 1 is 1.05 bits per heavy atom. The second-order valence-electron chi connectivity index (χ2n) is 4.29. The highest BCUT2D eigenvalue weighted by Gasteiger charge is 2.06. The molecule has 21 heavy (non-hydrogen) atoms. The molecule has 1 atom stereocenters. The van der Waals surface area contributed by atoms with Gasteiger partial charge in [-0.05, 0) is 42.0 Å². The molecule has 0 aromatic heterocycles. The fraction of sp³-hybridized carbons (Fsp3) is 0.125. The zero-order chi connectivity index (χ0) is 15.2. The second kappa shape index (κ2) is 7.52. The van der Waals surface area contributed by atoms with Gasteiger partial charge in [-0.1, -0.05) is 44.0 Å². The smallest absolute Gasteiger partial charge is 0.173 e. The number of carbonyl (C=O) groups excluding carboxylic acids is 2. The van der Waals surface area contributed by atoms with Crippen molar-refractivity contribution in [3.8, 4) is 11.5 Å². The van der Waals surface area contributed by atoms with Crippen LogP contribution in [-0.2, 0) is 4.79 Å². The Balaban J connectivity index is 2.07. The summed E-state index contributed by atoms with van der Waals surface area (Å²) < 4.78 is 5.69. The first-order valence-electron chi connectivity index (χ1n) is 6.20. The highest BCUT2D eigenvalue weighted by atomic mass is 79.9. The van der Waals surface area contributed by atoms with E-state index >= 15 is 0 Å². The van der Waals surface area contributed by atoms with Gasteiger partial charge in [0.25, 0.3) is 0 Å². The van der Waals surface area contributed by atoms with E-state index in [9.17, 15) is 9.59 Å². The van der Waals surface area contributed by atoms with Gasteiger partial charge in [-0.3, -0.25) is 4.79 Å². The van der Waals surface area contributed by atoms with Crippen molar-refractivity contribution in [2.45, 2.75) is 4.83 Å². The third kappa shape index (κ3) is 4.25. The standard InChI is InChI=1S/C16H12Br2O3/c17-9-16(20)12-3-7-14(8-4-12)21-13-5-1-11(2-6-13)15(18)10-19/h1-8,10,15H,9H2. The number of Topliss-reactive ketones (excluding diaryl/α,β-unsaturated/α-hetero) is 1. The molecule has 5 heteroatoms. The van der Waals surface area contributed by atoms with Crippen LogP contribution in [-0.4, -0.2) is 17.4 Å². The third-order valence-electron chi connectivity index (χ3n) is 2.85. The molecule has 108 valence electrons. The van der Waals surface area contributed by atoms with Crippen LogP contribution < -0.4 is 4.74 Å². The first-order chi connectivity index (χ1) is 10.1. The Hall–Kier alpha value is -1.46. The minimum Gasteiger partial charge on any atom is -0.457 e. The molecule has 0 saturated carbocycles. The number of hydrogen-bond donors (Lipinski definition) is 0. The van der Waals surface area contributed by atoms with Crippen LogP contribution in [0.1, 0.15) is 20.7 Å². The maximum Gasteiger partial charge on any atom is 0.173 e.